The summed E-state index contributed by atoms with van der Waals surface area (Å²) < 4.78 is 0. The van der Waals surface area contributed by atoms with Crippen molar-refractivity contribution in [2.24, 2.45) is 5.92 Å². The first-order valence-electron chi connectivity index (χ1n) is 6.17. The lowest BCUT2D eigenvalue weighted by atomic mass is 10.2. The first kappa shape index (κ1) is 11.4. The van der Waals surface area contributed by atoms with Crippen LogP contribution in [0.1, 0.15) is 25.3 Å². The monoisotopic (exact) mass is 219 g/mol. The minimum Gasteiger partial charge on any atom is -0.373 e. The van der Waals surface area contributed by atoms with Crippen LogP contribution < -0.4 is 5.32 Å². The van der Waals surface area contributed by atoms with Crippen molar-refractivity contribution in [3.8, 4) is 0 Å². The van der Waals surface area contributed by atoms with E-state index >= 15 is 0 Å². The molecule has 0 bridgehead atoms. The SMILES string of the molecule is CCN(Cc1ccnc(NC)c1)CC1CC1. The van der Waals surface area contributed by atoms with E-state index in [0.717, 1.165) is 24.8 Å². The molecular formula is C13H21N3. The van der Waals surface area contributed by atoms with Gasteiger partial charge in [-0.1, -0.05) is 6.92 Å². The summed E-state index contributed by atoms with van der Waals surface area (Å²) >= 11 is 0. The van der Waals surface area contributed by atoms with Crippen LogP contribution in [-0.4, -0.2) is 30.0 Å². The van der Waals surface area contributed by atoms with Gasteiger partial charge in [0.15, 0.2) is 0 Å². The van der Waals surface area contributed by atoms with Crippen molar-refractivity contribution < 1.29 is 0 Å². The van der Waals surface area contributed by atoms with Crippen molar-refractivity contribution >= 4 is 5.82 Å². The van der Waals surface area contributed by atoms with Crippen LogP contribution >= 0.6 is 0 Å². The third kappa shape index (κ3) is 3.20. The van der Waals surface area contributed by atoms with Crippen molar-refractivity contribution in [2.45, 2.75) is 26.3 Å². The average Bonchev–Trinajstić information content (AvgIpc) is 3.12. The fourth-order valence-electron chi connectivity index (χ4n) is 1.94. The molecule has 0 amide bonds. The zero-order chi connectivity index (χ0) is 11.4. The van der Waals surface area contributed by atoms with E-state index in [2.05, 4.69) is 34.3 Å². The molecule has 0 aromatic carbocycles. The molecular weight excluding hydrogens is 198 g/mol. The lowest BCUT2D eigenvalue weighted by Gasteiger charge is -2.20. The summed E-state index contributed by atoms with van der Waals surface area (Å²) in [7, 11) is 1.91. The van der Waals surface area contributed by atoms with E-state index in [1.165, 1.54) is 24.9 Å². The summed E-state index contributed by atoms with van der Waals surface area (Å²) in [6, 6.07) is 4.24. The van der Waals surface area contributed by atoms with Crippen molar-refractivity contribution in [3.05, 3.63) is 23.9 Å². The maximum absolute atomic E-state index is 4.23. The minimum absolute atomic E-state index is 0.958. The molecule has 0 atom stereocenters. The van der Waals surface area contributed by atoms with E-state index in [0.29, 0.717) is 0 Å². The number of hydrogen-bond donors (Lipinski definition) is 1. The van der Waals surface area contributed by atoms with Crippen LogP contribution in [0.3, 0.4) is 0 Å². The van der Waals surface area contributed by atoms with Gasteiger partial charge in [-0.15, -0.1) is 0 Å². The number of anilines is 1. The molecule has 3 nitrogen and oxygen atoms in total. The van der Waals surface area contributed by atoms with Gasteiger partial charge in [-0.3, -0.25) is 4.90 Å². The fourth-order valence-corrected chi connectivity index (χ4v) is 1.94. The van der Waals surface area contributed by atoms with E-state index in [9.17, 15) is 0 Å². The van der Waals surface area contributed by atoms with Gasteiger partial charge in [0.2, 0.25) is 0 Å². The Labute approximate surface area is 97.9 Å². The Bertz CT molecular complexity index is 334. The summed E-state index contributed by atoms with van der Waals surface area (Å²) in [5.74, 6) is 1.92. The molecule has 1 fully saturated rings. The number of nitrogens with one attached hydrogen (secondary N) is 1. The van der Waals surface area contributed by atoms with Crippen LogP contribution in [0.25, 0.3) is 0 Å². The lowest BCUT2D eigenvalue weighted by Crippen LogP contribution is -2.25. The second-order valence-electron chi connectivity index (χ2n) is 4.57. The highest BCUT2D eigenvalue weighted by Gasteiger charge is 2.23. The molecule has 0 radical (unpaired) electrons. The Morgan fingerprint density at radius 3 is 2.94 bits per heavy atom. The van der Waals surface area contributed by atoms with Gasteiger partial charge in [-0.2, -0.15) is 0 Å². The first-order valence-corrected chi connectivity index (χ1v) is 6.17. The Kier molecular flexibility index (Phi) is 3.78. The average molecular weight is 219 g/mol. The number of nitrogens with zero attached hydrogens (tertiary/aromatic N) is 2. The van der Waals surface area contributed by atoms with Gasteiger partial charge >= 0.3 is 0 Å². The molecule has 0 spiro atoms. The Balaban J connectivity index is 1.94. The molecule has 0 saturated heterocycles. The largest absolute Gasteiger partial charge is 0.373 e. The standard InChI is InChI=1S/C13H21N3/c1-3-16(9-11-4-5-11)10-12-6-7-15-13(8-12)14-2/h6-8,11H,3-5,9-10H2,1-2H3,(H,14,15). The zero-order valence-electron chi connectivity index (χ0n) is 10.2. The second kappa shape index (κ2) is 5.30. The maximum Gasteiger partial charge on any atom is 0.125 e. The molecule has 1 aliphatic carbocycles. The molecule has 1 saturated carbocycles. The number of rotatable bonds is 6. The number of pyridine rings is 1. The predicted molar refractivity (Wildman–Crippen MR) is 67.5 cm³/mol. The van der Waals surface area contributed by atoms with Crippen LogP contribution in [0.5, 0.6) is 0 Å². The molecule has 88 valence electrons. The van der Waals surface area contributed by atoms with E-state index in [-0.39, 0.29) is 0 Å². The summed E-state index contributed by atoms with van der Waals surface area (Å²) in [6.07, 6.45) is 4.73. The van der Waals surface area contributed by atoms with E-state index in [4.69, 9.17) is 0 Å². The third-order valence-electron chi connectivity index (χ3n) is 3.15. The van der Waals surface area contributed by atoms with Gasteiger partial charge in [0.25, 0.3) is 0 Å². The van der Waals surface area contributed by atoms with Gasteiger partial charge in [0.1, 0.15) is 5.82 Å². The third-order valence-corrected chi connectivity index (χ3v) is 3.15. The summed E-state index contributed by atoms with van der Waals surface area (Å²) in [5, 5.41) is 3.08. The molecule has 2 rings (SSSR count). The topological polar surface area (TPSA) is 28.2 Å². The zero-order valence-corrected chi connectivity index (χ0v) is 10.2. The highest BCUT2D eigenvalue weighted by molar-refractivity contribution is 5.36. The van der Waals surface area contributed by atoms with Gasteiger partial charge in [-0.25, -0.2) is 4.98 Å². The Hall–Kier alpha value is -1.09. The molecule has 1 aromatic heterocycles. The van der Waals surface area contributed by atoms with Gasteiger partial charge in [0, 0.05) is 26.3 Å². The second-order valence-corrected chi connectivity index (χ2v) is 4.57. The number of aromatic nitrogens is 1. The van der Waals surface area contributed by atoms with Crippen LogP contribution in [0, 0.1) is 5.92 Å². The highest BCUT2D eigenvalue weighted by Crippen LogP contribution is 2.30. The maximum atomic E-state index is 4.23. The molecule has 16 heavy (non-hydrogen) atoms. The molecule has 1 N–H and O–H groups in total. The van der Waals surface area contributed by atoms with Crippen LogP contribution in [-0.2, 0) is 6.54 Å². The van der Waals surface area contributed by atoms with Crippen molar-refractivity contribution in [1.82, 2.24) is 9.88 Å². The quantitative estimate of drug-likeness (QED) is 0.796. The summed E-state index contributed by atoms with van der Waals surface area (Å²) in [6.45, 7) is 5.67. The summed E-state index contributed by atoms with van der Waals surface area (Å²) in [5.41, 5.74) is 1.35. The predicted octanol–water partition coefficient (Wildman–Crippen LogP) is 2.36. The fraction of sp³-hybridized carbons (Fsp3) is 0.615. The van der Waals surface area contributed by atoms with Crippen molar-refractivity contribution in [3.63, 3.8) is 0 Å². The number of hydrogen-bond acceptors (Lipinski definition) is 3. The Morgan fingerprint density at radius 1 is 1.50 bits per heavy atom. The highest BCUT2D eigenvalue weighted by atomic mass is 15.1. The molecule has 1 heterocycles. The Morgan fingerprint density at radius 2 is 2.31 bits per heavy atom. The molecule has 3 heteroatoms. The smallest absolute Gasteiger partial charge is 0.125 e. The van der Waals surface area contributed by atoms with Gasteiger partial charge in [-0.05, 0) is 43.0 Å². The normalized spacial score (nSPS) is 15.4. The molecule has 1 aliphatic rings. The van der Waals surface area contributed by atoms with Crippen molar-refractivity contribution in [2.75, 3.05) is 25.5 Å². The van der Waals surface area contributed by atoms with Gasteiger partial charge < -0.3 is 5.32 Å². The van der Waals surface area contributed by atoms with Gasteiger partial charge in [0.05, 0.1) is 0 Å². The minimum atomic E-state index is 0.958. The summed E-state index contributed by atoms with van der Waals surface area (Å²) in [4.78, 5) is 6.75. The van der Waals surface area contributed by atoms with Crippen LogP contribution in [0.4, 0.5) is 5.82 Å². The van der Waals surface area contributed by atoms with Crippen LogP contribution in [0.2, 0.25) is 0 Å². The van der Waals surface area contributed by atoms with E-state index in [1.54, 1.807) is 0 Å². The first-order chi connectivity index (χ1) is 7.81. The van der Waals surface area contributed by atoms with E-state index in [1.807, 2.05) is 13.2 Å². The van der Waals surface area contributed by atoms with Crippen molar-refractivity contribution in [1.29, 1.82) is 0 Å². The van der Waals surface area contributed by atoms with Crippen LogP contribution in [0.15, 0.2) is 18.3 Å². The molecule has 0 aliphatic heterocycles. The molecule has 0 unspecified atom stereocenters. The lowest BCUT2D eigenvalue weighted by molar-refractivity contribution is 0.268. The molecule has 1 aromatic rings. The van der Waals surface area contributed by atoms with E-state index < -0.39 is 0 Å².